The monoisotopic (exact) mass is 283 g/mol. The zero-order valence-electron chi connectivity index (χ0n) is 12.0. The minimum atomic E-state index is 0.285. The number of hydrogen-bond donors (Lipinski definition) is 1. The van der Waals surface area contributed by atoms with E-state index >= 15 is 0 Å². The summed E-state index contributed by atoms with van der Waals surface area (Å²) >= 11 is 0. The van der Waals surface area contributed by atoms with E-state index in [1.807, 2.05) is 37.5 Å². The third-order valence-corrected chi connectivity index (χ3v) is 3.42. The zero-order chi connectivity index (χ0) is 14.8. The van der Waals surface area contributed by atoms with Gasteiger partial charge in [-0.3, -0.25) is 4.68 Å². The summed E-state index contributed by atoms with van der Waals surface area (Å²) in [5.41, 5.74) is 8.52. The fourth-order valence-electron chi connectivity index (χ4n) is 2.20. The Morgan fingerprint density at radius 1 is 1.29 bits per heavy atom. The van der Waals surface area contributed by atoms with Crippen molar-refractivity contribution < 1.29 is 4.52 Å². The van der Waals surface area contributed by atoms with E-state index in [0.717, 1.165) is 11.3 Å². The van der Waals surface area contributed by atoms with Crippen LogP contribution in [0.4, 0.5) is 5.69 Å². The van der Waals surface area contributed by atoms with Crippen LogP contribution in [-0.2, 0) is 13.5 Å². The van der Waals surface area contributed by atoms with Crippen molar-refractivity contribution in [2.24, 2.45) is 7.05 Å². The smallest absolute Gasteiger partial charge is 0.227 e. The second kappa shape index (κ2) is 5.40. The average molecular weight is 283 g/mol. The average Bonchev–Trinajstić information content (AvgIpc) is 3.08. The van der Waals surface area contributed by atoms with E-state index in [1.54, 1.807) is 10.9 Å². The quantitative estimate of drug-likeness (QED) is 0.743. The molecular formula is C15H17N5O. The minimum absolute atomic E-state index is 0.285. The molecule has 1 aromatic carbocycles. The molecule has 0 amide bonds. The van der Waals surface area contributed by atoms with Gasteiger partial charge in [0.15, 0.2) is 0 Å². The molecule has 2 aromatic heterocycles. The van der Waals surface area contributed by atoms with Crippen molar-refractivity contribution in [1.82, 2.24) is 19.9 Å². The molecule has 0 saturated heterocycles. The summed E-state index contributed by atoms with van der Waals surface area (Å²) in [6.45, 7) is 2.12. The van der Waals surface area contributed by atoms with Crippen LogP contribution in [0.5, 0.6) is 0 Å². The maximum atomic E-state index is 5.70. The molecule has 1 atom stereocenters. The Morgan fingerprint density at radius 2 is 2.05 bits per heavy atom. The highest BCUT2D eigenvalue weighted by Crippen LogP contribution is 2.22. The molecule has 0 radical (unpaired) electrons. The number of nitrogens with two attached hydrogens (primary N) is 1. The Morgan fingerprint density at radius 3 is 2.71 bits per heavy atom. The molecule has 0 aliphatic rings. The van der Waals surface area contributed by atoms with Crippen LogP contribution in [0.1, 0.15) is 24.3 Å². The van der Waals surface area contributed by atoms with Gasteiger partial charge in [-0.1, -0.05) is 24.2 Å². The number of rotatable bonds is 4. The Labute approximate surface area is 122 Å². The zero-order valence-corrected chi connectivity index (χ0v) is 12.0. The molecule has 0 aliphatic carbocycles. The summed E-state index contributed by atoms with van der Waals surface area (Å²) in [5, 5.41) is 8.10. The lowest BCUT2D eigenvalue weighted by Gasteiger charge is -2.08. The van der Waals surface area contributed by atoms with E-state index in [2.05, 4.69) is 22.2 Å². The summed E-state index contributed by atoms with van der Waals surface area (Å²) < 4.78 is 7.03. The van der Waals surface area contributed by atoms with E-state index in [0.29, 0.717) is 18.1 Å². The summed E-state index contributed by atoms with van der Waals surface area (Å²) in [6.07, 6.45) is 4.27. The van der Waals surface area contributed by atoms with Crippen LogP contribution in [0.3, 0.4) is 0 Å². The van der Waals surface area contributed by atoms with Crippen LogP contribution in [0.15, 0.2) is 41.2 Å². The molecular weight excluding hydrogens is 266 g/mol. The topological polar surface area (TPSA) is 82.8 Å². The number of anilines is 1. The molecule has 0 saturated carbocycles. The van der Waals surface area contributed by atoms with Gasteiger partial charge < -0.3 is 10.3 Å². The molecule has 2 N–H and O–H groups in total. The summed E-state index contributed by atoms with van der Waals surface area (Å²) in [7, 11) is 1.85. The number of nitrogen functional groups attached to an aromatic ring is 1. The molecule has 3 aromatic rings. The first-order valence-corrected chi connectivity index (χ1v) is 6.79. The van der Waals surface area contributed by atoms with E-state index in [4.69, 9.17) is 10.3 Å². The predicted molar refractivity (Wildman–Crippen MR) is 79.5 cm³/mol. The minimum Gasteiger partial charge on any atom is -0.399 e. The lowest BCUT2D eigenvalue weighted by Crippen LogP contribution is -1.99. The van der Waals surface area contributed by atoms with Crippen molar-refractivity contribution >= 4 is 5.69 Å². The maximum Gasteiger partial charge on any atom is 0.227 e. The molecule has 6 nitrogen and oxygen atoms in total. The Hall–Kier alpha value is -2.63. The number of benzene rings is 1. The Balaban J connectivity index is 1.73. The molecule has 0 bridgehead atoms. The van der Waals surface area contributed by atoms with Crippen LogP contribution < -0.4 is 5.73 Å². The van der Waals surface area contributed by atoms with Crippen LogP contribution >= 0.6 is 0 Å². The van der Waals surface area contributed by atoms with Gasteiger partial charge in [-0.05, 0) is 23.6 Å². The number of hydrogen-bond acceptors (Lipinski definition) is 5. The SMILES string of the molecule is CC(Cc1nc(-c2cnn(C)c2)no1)c1ccc(N)cc1. The second-order valence-corrected chi connectivity index (χ2v) is 5.19. The van der Waals surface area contributed by atoms with Gasteiger partial charge in [-0.15, -0.1) is 0 Å². The third kappa shape index (κ3) is 2.94. The molecule has 3 rings (SSSR count). The van der Waals surface area contributed by atoms with Crippen molar-refractivity contribution in [2.75, 3.05) is 5.73 Å². The highest BCUT2D eigenvalue weighted by atomic mass is 16.5. The lowest BCUT2D eigenvalue weighted by atomic mass is 9.98. The molecule has 0 aliphatic heterocycles. The van der Waals surface area contributed by atoms with Crippen LogP contribution in [0, 0.1) is 0 Å². The first kappa shape index (κ1) is 13.4. The van der Waals surface area contributed by atoms with E-state index in [9.17, 15) is 0 Å². The van der Waals surface area contributed by atoms with Gasteiger partial charge >= 0.3 is 0 Å². The number of aryl methyl sites for hydroxylation is 1. The van der Waals surface area contributed by atoms with Crippen molar-refractivity contribution in [3.63, 3.8) is 0 Å². The first-order valence-electron chi connectivity index (χ1n) is 6.79. The lowest BCUT2D eigenvalue weighted by molar-refractivity contribution is 0.372. The van der Waals surface area contributed by atoms with Gasteiger partial charge in [0, 0.05) is 25.4 Å². The largest absolute Gasteiger partial charge is 0.399 e. The highest BCUT2D eigenvalue weighted by Gasteiger charge is 2.14. The van der Waals surface area contributed by atoms with Crippen molar-refractivity contribution in [2.45, 2.75) is 19.3 Å². The summed E-state index contributed by atoms with van der Waals surface area (Å²) in [5.74, 6) is 1.48. The molecule has 0 spiro atoms. The molecule has 2 heterocycles. The van der Waals surface area contributed by atoms with Gasteiger partial charge in [0.25, 0.3) is 0 Å². The molecule has 6 heteroatoms. The fraction of sp³-hybridized carbons (Fsp3) is 0.267. The highest BCUT2D eigenvalue weighted by molar-refractivity contribution is 5.51. The van der Waals surface area contributed by atoms with Gasteiger partial charge in [0.2, 0.25) is 11.7 Å². The molecule has 21 heavy (non-hydrogen) atoms. The second-order valence-electron chi connectivity index (χ2n) is 5.19. The van der Waals surface area contributed by atoms with Crippen LogP contribution in [0.2, 0.25) is 0 Å². The summed E-state index contributed by atoms with van der Waals surface area (Å²) in [6, 6.07) is 7.86. The van der Waals surface area contributed by atoms with Crippen molar-refractivity contribution in [3.05, 3.63) is 48.1 Å². The standard InChI is InChI=1S/C15H17N5O/c1-10(11-3-5-13(16)6-4-11)7-14-18-15(19-21-14)12-8-17-20(2)9-12/h3-6,8-10H,7,16H2,1-2H3. The van der Waals surface area contributed by atoms with Gasteiger partial charge in [0.1, 0.15) is 0 Å². The van der Waals surface area contributed by atoms with E-state index < -0.39 is 0 Å². The molecule has 108 valence electrons. The number of nitrogens with zero attached hydrogens (tertiary/aromatic N) is 4. The van der Waals surface area contributed by atoms with Gasteiger partial charge in [-0.25, -0.2) is 0 Å². The molecule has 1 unspecified atom stereocenters. The van der Waals surface area contributed by atoms with Gasteiger partial charge in [0.05, 0.1) is 11.8 Å². The Bertz CT molecular complexity index is 729. The predicted octanol–water partition coefficient (Wildman–Crippen LogP) is 2.40. The van der Waals surface area contributed by atoms with Gasteiger partial charge in [-0.2, -0.15) is 10.1 Å². The van der Waals surface area contributed by atoms with E-state index in [-0.39, 0.29) is 5.92 Å². The normalized spacial score (nSPS) is 12.5. The molecule has 0 fully saturated rings. The van der Waals surface area contributed by atoms with Crippen LogP contribution in [0.25, 0.3) is 11.4 Å². The maximum absolute atomic E-state index is 5.70. The Kier molecular flexibility index (Phi) is 3.43. The fourth-order valence-corrected chi connectivity index (χ4v) is 2.20. The van der Waals surface area contributed by atoms with Crippen LogP contribution in [-0.4, -0.2) is 19.9 Å². The van der Waals surface area contributed by atoms with Crippen molar-refractivity contribution in [1.29, 1.82) is 0 Å². The summed E-state index contributed by atoms with van der Waals surface area (Å²) in [4.78, 5) is 4.42. The van der Waals surface area contributed by atoms with Crippen molar-refractivity contribution in [3.8, 4) is 11.4 Å². The third-order valence-electron chi connectivity index (χ3n) is 3.42. The van der Waals surface area contributed by atoms with E-state index in [1.165, 1.54) is 5.56 Å². The first-order chi connectivity index (χ1) is 10.1. The number of aromatic nitrogens is 4.